The van der Waals surface area contributed by atoms with Crippen molar-refractivity contribution < 1.29 is 4.79 Å². The van der Waals surface area contributed by atoms with Gasteiger partial charge >= 0.3 is 0 Å². The molecule has 160 valence electrons. The molecule has 1 atom stereocenters. The van der Waals surface area contributed by atoms with Crippen molar-refractivity contribution in [2.45, 2.75) is 50.3 Å². The summed E-state index contributed by atoms with van der Waals surface area (Å²) in [5.74, 6) is 0.199. The van der Waals surface area contributed by atoms with Crippen LogP contribution < -0.4 is 5.32 Å². The lowest BCUT2D eigenvalue weighted by molar-refractivity contribution is -0.115. The van der Waals surface area contributed by atoms with Gasteiger partial charge in [0.25, 0.3) is 0 Å². The van der Waals surface area contributed by atoms with Crippen LogP contribution in [0.15, 0.2) is 41.0 Å². The van der Waals surface area contributed by atoms with Crippen molar-refractivity contribution >= 4 is 55.7 Å². The van der Waals surface area contributed by atoms with Gasteiger partial charge in [0, 0.05) is 16.9 Å². The number of carbonyl (C=O) groups is 1. The summed E-state index contributed by atoms with van der Waals surface area (Å²) in [7, 11) is 0. The van der Waals surface area contributed by atoms with Crippen molar-refractivity contribution in [3.8, 4) is 11.1 Å². The second-order valence-corrected chi connectivity index (χ2v) is 10.5. The Labute approximate surface area is 193 Å². The van der Waals surface area contributed by atoms with Crippen LogP contribution in [-0.4, -0.2) is 31.3 Å². The highest BCUT2D eigenvalue weighted by Gasteiger charge is 2.23. The molecule has 0 saturated heterocycles. The van der Waals surface area contributed by atoms with Crippen LogP contribution in [0.5, 0.6) is 0 Å². The Morgan fingerprint density at radius 2 is 1.94 bits per heavy atom. The maximum Gasteiger partial charge on any atom is 0.239 e. The molecule has 0 radical (unpaired) electrons. The average molecular weight is 470 g/mol. The number of aryl methyl sites for hydroxylation is 1. The van der Waals surface area contributed by atoms with Gasteiger partial charge in [0.05, 0.1) is 10.6 Å². The van der Waals surface area contributed by atoms with Gasteiger partial charge in [0.2, 0.25) is 11.0 Å². The molecule has 0 bridgehead atoms. The van der Waals surface area contributed by atoms with Crippen molar-refractivity contribution in [1.29, 1.82) is 0 Å². The number of carbonyl (C=O) groups excluding carboxylic acids is 1. The highest BCUT2D eigenvalue weighted by atomic mass is 32.2. The number of anilines is 1. The first-order valence-electron chi connectivity index (χ1n) is 10.1. The van der Waals surface area contributed by atoms with Gasteiger partial charge in [-0.3, -0.25) is 10.1 Å². The minimum Gasteiger partial charge on any atom is -0.300 e. The number of rotatable bonds is 7. The molecule has 9 heteroatoms. The number of nitrogens with zero attached hydrogens (tertiary/aromatic N) is 4. The third-order valence-electron chi connectivity index (χ3n) is 4.78. The summed E-state index contributed by atoms with van der Waals surface area (Å²) in [5.41, 5.74) is 3.44. The van der Waals surface area contributed by atoms with E-state index in [2.05, 4.69) is 75.9 Å². The van der Waals surface area contributed by atoms with Crippen molar-refractivity contribution in [2.24, 2.45) is 0 Å². The zero-order chi connectivity index (χ0) is 22.0. The number of thioether (sulfide) groups is 1. The minimum absolute atomic E-state index is 0.0853. The molecule has 1 N–H and O–H groups in total. The summed E-state index contributed by atoms with van der Waals surface area (Å²) in [6.45, 7) is 8.20. The quantitative estimate of drug-likeness (QED) is 0.258. The summed E-state index contributed by atoms with van der Waals surface area (Å²) >= 11 is 4.49. The van der Waals surface area contributed by atoms with E-state index in [1.807, 2.05) is 6.92 Å². The van der Waals surface area contributed by atoms with Gasteiger partial charge in [0.15, 0.2) is 0 Å². The van der Waals surface area contributed by atoms with Gasteiger partial charge in [-0.25, -0.2) is 9.97 Å². The van der Waals surface area contributed by atoms with E-state index in [9.17, 15) is 4.79 Å². The third-order valence-corrected chi connectivity index (χ3v) is 8.17. The van der Waals surface area contributed by atoms with Crippen LogP contribution in [0, 0.1) is 6.92 Å². The molecule has 4 aromatic rings. The van der Waals surface area contributed by atoms with Crippen LogP contribution in [0.2, 0.25) is 0 Å². The summed E-state index contributed by atoms with van der Waals surface area (Å²) in [6.07, 6.45) is 2.24. The van der Waals surface area contributed by atoms with E-state index in [0.717, 1.165) is 31.4 Å². The average Bonchev–Trinajstić information content (AvgIpc) is 3.40. The Kier molecular flexibility index (Phi) is 6.64. The Morgan fingerprint density at radius 3 is 2.61 bits per heavy atom. The Hall–Kier alpha value is -2.36. The topological polar surface area (TPSA) is 80.7 Å². The van der Waals surface area contributed by atoms with Gasteiger partial charge < -0.3 is 0 Å². The van der Waals surface area contributed by atoms with Crippen LogP contribution in [0.1, 0.15) is 43.7 Å². The highest BCUT2D eigenvalue weighted by Crippen LogP contribution is 2.39. The molecule has 0 aliphatic carbocycles. The van der Waals surface area contributed by atoms with Crippen molar-refractivity contribution in [3.63, 3.8) is 0 Å². The number of aromatic nitrogens is 4. The Morgan fingerprint density at radius 1 is 1.16 bits per heavy atom. The fourth-order valence-corrected chi connectivity index (χ4v) is 5.81. The van der Waals surface area contributed by atoms with Gasteiger partial charge in [-0.05, 0) is 18.9 Å². The van der Waals surface area contributed by atoms with Crippen molar-refractivity contribution in [3.05, 3.63) is 46.5 Å². The SMILES string of the molecule is CCC(Sc1ncnc2scc(-c3ccc(C)cc3)c12)C(=O)Nc1nnc(C(C)C)s1. The minimum atomic E-state index is -0.296. The molecule has 3 aromatic heterocycles. The van der Waals surface area contributed by atoms with Crippen LogP contribution in [-0.2, 0) is 4.79 Å². The normalized spacial score (nSPS) is 12.4. The molecule has 6 nitrogen and oxygen atoms in total. The molecule has 1 amide bonds. The van der Waals surface area contributed by atoms with Crippen molar-refractivity contribution in [2.75, 3.05) is 5.32 Å². The van der Waals surface area contributed by atoms with Crippen molar-refractivity contribution in [1.82, 2.24) is 20.2 Å². The summed E-state index contributed by atoms with van der Waals surface area (Å²) < 4.78 is 0. The van der Waals surface area contributed by atoms with Gasteiger partial charge in [-0.2, -0.15) is 0 Å². The summed E-state index contributed by atoms with van der Waals surface area (Å²) in [4.78, 5) is 22.9. The molecule has 1 unspecified atom stereocenters. The zero-order valence-corrected chi connectivity index (χ0v) is 20.2. The Balaban J connectivity index is 1.60. The predicted octanol–water partition coefficient (Wildman–Crippen LogP) is 6.15. The fourth-order valence-electron chi connectivity index (χ4n) is 3.04. The van der Waals surface area contributed by atoms with Gasteiger partial charge in [0.1, 0.15) is 21.2 Å². The molecule has 4 rings (SSSR count). The zero-order valence-electron chi connectivity index (χ0n) is 17.7. The van der Waals surface area contributed by atoms with Gasteiger partial charge in [-0.15, -0.1) is 21.5 Å². The molecular weight excluding hydrogens is 446 g/mol. The number of nitrogens with one attached hydrogen (secondary N) is 1. The van der Waals surface area contributed by atoms with E-state index >= 15 is 0 Å². The lowest BCUT2D eigenvalue weighted by Crippen LogP contribution is -2.24. The maximum atomic E-state index is 13.0. The number of benzene rings is 1. The lowest BCUT2D eigenvalue weighted by atomic mass is 10.1. The molecule has 0 saturated carbocycles. The van der Waals surface area contributed by atoms with E-state index in [1.165, 1.54) is 28.7 Å². The van der Waals surface area contributed by atoms with Crippen LogP contribution in [0.4, 0.5) is 5.13 Å². The molecule has 0 fully saturated rings. The highest BCUT2D eigenvalue weighted by molar-refractivity contribution is 8.00. The van der Waals surface area contributed by atoms with Crippen LogP contribution in [0.25, 0.3) is 21.3 Å². The molecule has 31 heavy (non-hydrogen) atoms. The second-order valence-electron chi connectivity index (χ2n) is 7.48. The first-order chi connectivity index (χ1) is 15.0. The van der Waals surface area contributed by atoms with Crippen LogP contribution >= 0.6 is 34.4 Å². The molecule has 3 heterocycles. The molecular formula is C22H23N5OS3. The van der Waals surface area contributed by atoms with Gasteiger partial charge in [-0.1, -0.05) is 73.7 Å². The fraction of sp³-hybridized carbons (Fsp3) is 0.318. The standard InChI is InChI=1S/C22H23N5OS3/c1-5-16(18(28)25-22-27-26-19(31-22)12(2)3)30-21-17-15(10-29-20(17)23-11-24-21)14-8-6-13(4)7-9-14/h6-12,16H,5H2,1-4H3,(H,25,27,28). The summed E-state index contributed by atoms with van der Waals surface area (Å²) in [6, 6.07) is 8.44. The molecule has 0 aliphatic heterocycles. The number of thiophene rings is 1. The van der Waals surface area contributed by atoms with E-state index in [0.29, 0.717) is 11.6 Å². The Bertz CT molecular complexity index is 1200. The maximum absolute atomic E-state index is 13.0. The third kappa shape index (κ3) is 4.78. The number of hydrogen-bond donors (Lipinski definition) is 1. The largest absolute Gasteiger partial charge is 0.300 e. The number of amides is 1. The molecule has 0 spiro atoms. The van der Waals surface area contributed by atoms with E-state index in [-0.39, 0.29) is 17.1 Å². The number of hydrogen-bond acceptors (Lipinski definition) is 8. The predicted molar refractivity (Wildman–Crippen MR) is 130 cm³/mol. The lowest BCUT2D eigenvalue weighted by Gasteiger charge is -2.14. The monoisotopic (exact) mass is 469 g/mol. The molecule has 0 aliphatic rings. The van der Waals surface area contributed by atoms with E-state index in [1.54, 1.807) is 17.7 Å². The van der Waals surface area contributed by atoms with E-state index < -0.39 is 0 Å². The number of fused-ring (bicyclic) bond motifs is 1. The second kappa shape index (κ2) is 9.42. The smallest absolute Gasteiger partial charge is 0.239 e. The van der Waals surface area contributed by atoms with E-state index in [4.69, 9.17) is 0 Å². The molecule has 1 aromatic carbocycles. The van der Waals surface area contributed by atoms with Crippen LogP contribution in [0.3, 0.4) is 0 Å². The summed E-state index contributed by atoms with van der Waals surface area (Å²) in [5, 5.41) is 16.3. The first kappa shape index (κ1) is 21.9. The first-order valence-corrected chi connectivity index (χ1v) is 12.6.